The Balaban J connectivity index is 1.54. The van der Waals surface area contributed by atoms with E-state index in [1.165, 1.54) is 25.0 Å². The molecular formula is C18H24F3N3O. The second-order valence-electron chi connectivity index (χ2n) is 6.88. The highest BCUT2D eigenvalue weighted by Crippen LogP contribution is 2.29. The standard InChI is InChI=1S/C18H24F3N3O/c19-18(20,21)16-5-1-4-15(11-16)17(25)24-9-7-23(8-10-24)13-14-3-2-6-22-12-14/h1,4-5,11,14,22H,2-3,6-10,12-13H2. The van der Waals surface area contributed by atoms with Crippen LogP contribution in [0.25, 0.3) is 0 Å². The van der Waals surface area contributed by atoms with Gasteiger partial charge in [-0.3, -0.25) is 9.69 Å². The number of piperazine rings is 1. The molecule has 25 heavy (non-hydrogen) atoms. The predicted octanol–water partition coefficient (Wildman–Crippen LogP) is 2.46. The van der Waals surface area contributed by atoms with Crippen LogP contribution in [-0.2, 0) is 6.18 Å². The van der Waals surface area contributed by atoms with E-state index in [-0.39, 0.29) is 11.5 Å². The van der Waals surface area contributed by atoms with E-state index in [1.54, 1.807) is 4.90 Å². The van der Waals surface area contributed by atoms with Crippen molar-refractivity contribution in [2.24, 2.45) is 5.92 Å². The number of piperidine rings is 1. The van der Waals surface area contributed by atoms with E-state index in [0.29, 0.717) is 19.0 Å². The van der Waals surface area contributed by atoms with Crippen LogP contribution in [0.3, 0.4) is 0 Å². The van der Waals surface area contributed by atoms with Crippen LogP contribution >= 0.6 is 0 Å². The molecule has 2 fully saturated rings. The number of carbonyl (C=O) groups is 1. The van der Waals surface area contributed by atoms with Gasteiger partial charge in [0.15, 0.2) is 0 Å². The minimum atomic E-state index is -4.43. The molecule has 0 radical (unpaired) electrons. The van der Waals surface area contributed by atoms with Gasteiger partial charge in [-0.15, -0.1) is 0 Å². The van der Waals surface area contributed by atoms with E-state index < -0.39 is 11.7 Å². The zero-order valence-corrected chi connectivity index (χ0v) is 14.2. The van der Waals surface area contributed by atoms with Crippen LogP contribution in [0.4, 0.5) is 13.2 Å². The summed E-state index contributed by atoms with van der Waals surface area (Å²) in [4.78, 5) is 16.5. The first-order valence-corrected chi connectivity index (χ1v) is 8.83. The van der Waals surface area contributed by atoms with Crippen LogP contribution in [0.1, 0.15) is 28.8 Å². The maximum absolute atomic E-state index is 12.8. The minimum Gasteiger partial charge on any atom is -0.336 e. The molecule has 2 aliphatic rings. The van der Waals surface area contributed by atoms with Gasteiger partial charge in [0, 0.05) is 38.3 Å². The summed E-state index contributed by atoms with van der Waals surface area (Å²) in [5.74, 6) is 0.338. The van der Waals surface area contributed by atoms with Crippen molar-refractivity contribution < 1.29 is 18.0 Å². The van der Waals surface area contributed by atoms with Crippen LogP contribution < -0.4 is 5.32 Å². The third kappa shape index (κ3) is 4.73. The van der Waals surface area contributed by atoms with Gasteiger partial charge >= 0.3 is 6.18 Å². The van der Waals surface area contributed by atoms with Crippen molar-refractivity contribution in [3.63, 3.8) is 0 Å². The molecule has 0 bridgehead atoms. The zero-order valence-electron chi connectivity index (χ0n) is 14.2. The summed E-state index contributed by atoms with van der Waals surface area (Å²) >= 11 is 0. The Labute approximate surface area is 146 Å². The van der Waals surface area contributed by atoms with Gasteiger partial charge in [0.1, 0.15) is 0 Å². The van der Waals surface area contributed by atoms with E-state index in [1.807, 2.05) is 0 Å². The normalized spacial score (nSPS) is 22.8. The molecule has 1 aromatic carbocycles. The van der Waals surface area contributed by atoms with Gasteiger partial charge in [0.05, 0.1) is 5.56 Å². The first-order chi connectivity index (χ1) is 11.9. The van der Waals surface area contributed by atoms with E-state index in [9.17, 15) is 18.0 Å². The van der Waals surface area contributed by atoms with Crippen molar-refractivity contribution in [1.29, 1.82) is 0 Å². The van der Waals surface area contributed by atoms with Gasteiger partial charge in [0.25, 0.3) is 5.91 Å². The van der Waals surface area contributed by atoms with E-state index >= 15 is 0 Å². The summed E-state index contributed by atoms with van der Waals surface area (Å²) in [5.41, 5.74) is -0.665. The molecule has 2 saturated heterocycles. The SMILES string of the molecule is O=C(c1cccc(C(F)(F)F)c1)N1CCN(CC2CCCNC2)CC1. The van der Waals surface area contributed by atoms with Crippen molar-refractivity contribution >= 4 is 5.91 Å². The van der Waals surface area contributed by atoms with Crippen molar-refractivity contribution in [3.8, 4) is 0 Å². The molecule has 1 aromatic rings. The highest BCUT2D eigenvalue weighted by molar-refractivity contribution is 5.94. The number of rotatable bonds is 3. The highest BCUT2D eigenvalue weighted by atomic mass is 19.4. The minimum absolute atomic E-state index is 0.111. The summed E-state index contributed by atoms with van der Waals surface area (Å²) < 4.78 is 38.4. The molecule has 2 heterocycles. The first kappa shape index (κ1) is 18.2. The van der Waals surface area contributed by atoms with Gasteiger partial charge in [-0.2, -0.15) is 13.2 Å². The average Bonchev–Trinajstić information content (AvgIpc) is 2.62. The van der Waals surface area contributed by atoms with E-state index in [4.69, 9.17) is 0 Å². The lowest BCUT2D eigenvalue weighted by Crippen LogP contribution is -2.50. The molecule has 7 heteroatoms. The van der Waals surface area contributed by atoms with Crippen molar-refractivity contribution in [1.82, 2.24) is 15.1 Å². The molecular weight excluding hydrogens is 331 g/mol. The van der Waals surface area contributed by atoms with Crippen LogP contribution in [-0.4, -0.2) is 61.5 Å². The molecule has 0 aromatic heterocycles. The lowest BCUT2D eigenvalue weighted by Gasteiger charge is -2.37. The lowest BCUT2D eigenvalue weighted by atomic mass is 9.99. The molecule has 138 valence electrons. The number of alkyl halides is 3. The number of benzene rings is 1. The van der Waals surface area contributed by atoms with Crippen molar-refractivity contribution in [3.05, 3.63) is 35.4 Å². The fourth-order valence-electron chi connectivity index (χ4n) is 3.59. The molecule has 3 rings (SSSR count). The molecule has 1 atom stereocenters. The summed E-state index contributed by atoms with van der Waals surface area (Å²) in [5, 5.41) is 3.41. The smallest absolute Gasteiger partial charge is 0.336 e. The topological polar surface area (TPSA) is 35.6 Å². The maximum Gasteiger partial charge on any atom is 0.416 e. The van der Waals surface area contributed by atoms with E-state index in [2.05, 4.69) is 10.2 Å². The van der Waals surface area contributed by atoms with Gasteiger partial charge in [0.2, 0.25) is 0 Å². The lowest BCUT2D eigenvalue weighted by molar-refractivity contribution is -0.137. The third-order valence-corrected chi connectivity index (χ3v) is 5.01. The summed E-state index contributed by atoms with van der Waals surface area (Å²) in [6.07, 6.45) is -1.99. The molecule has 0 spiro atoms. The summed E-state index contributed by atoms with van der Waals surface area (Å²) in [7, 11) is 0. The fourth-order valence-corrected chi connectivity index (χ4v) is 3.59. The van der Waals surface area contributed by atoms with Crippen LogP contribution in [0.2, 0.25) is 0 Å². The Morgan fingerprint density at radius 3 is 2.60 bits per heavy atom. The second-order valence-corrected chi connectivity index (χ2v) is 6.88. The van der Waals surface area contributed by atoms with Gasteiger partial charge in [-0.25, -0.2) is 0 Å². The molecule has 4 nitrogen and oxygen atoms in total. The Bertz CT molecular complexity index is 591. The highest BCUT2D eigenvalue weighted by Gasteiger charge is 2.32. The molecule has 0 saturated carbocycles. The number of amides is 1. The Morgan fingerprint density at radius 1 is 1.20 bits per heavy atom. The number of halogens is 3. The molecule has 0 aliphatic carbocycles. The first-order valence-electron chi connectivity index (χ1n) is 8.83. The molecule has 2 aliphatic heterocycles. The number of carbonyl (C=O) groups excluding carboxylic acids is 1. The zero-order chi connectivity index (χ0) is 17.9. The van der Waals surface area contributed by atoms with Crippen molar-refractivity contribution in [2.45, 2.75) is 19.0 Å². The summed E-state index contributed by atoms with van der Waals surface area (Å²) in [6, 6.07) is 4.69. The quantitative estimate of drug-likeness (QED) is 0.905. The molecule has 1 unspecified atom stereocenters. The number of hydrogen-bond acceptors (Lipinski definition) is 3. The average molecular weight is 355 g/mol. The van der Waals surface area contributed by atoms with Crippen LogP contribution in [0, 0.1) is 5.92 Å². The van der Waals surface area contributed by atoms with Gasteiger partial charge in [-0.05, 0) is 50.0 Å². The number of nitrogens with zero attached hydrogens (tertiary/aromatic N) is 2. The largest absolute Gasteiger partial charge is 0.416 e. The Hall–Kier alpha value is -1.60. The number of nitrogens with one attached hydrogen (secondary N) is 1. The molecule has 1 N–H and O–H groups in total. The second kappa shape index (κ2) is 7.74. The molecule has 1 amide bonds. The Kier molecular flexibility index (Phi) is 5.64. The van der Waals surface area contributed by atoms with Crippen LogP contribution in [0.15, 0.2) is 24.3 Å². The van der Waals surface area contributed by atoms with E-state index in [0.717, 1.165) is 44.9 Å². The number of hydrogen-bond donors (Lipinski definition) is 1. The van der Waals surface area contributed by atoms with Gasteiger partial charge in [-0.1, -0.05) is 6.07 Å². The summed E-state index contributed by atoms with van der Waals surface area (Å²) in [6.45, 7) is 5.85. The predicted molar refractivity (Wildman–Crippen MR) is 89.4 cm³/mol. The van der Waals surface area contributed by atoms with Gasteiger partial charge < -0.3 is 10.2 Å². The fraction of sp³-hybridized carbons (Fsp3) is 0.611. The van der Waals surface area contributed by atoms with Crippen molar-refractivity contribution in [2.75, 3.05) is 45.8 Å². The van der Waals surface area contributed by atoms with Crippen LogP contribution in [0.5, 0.6) is 0 Å². The Morgan fingerprint density at radius 2 is 1.96 bits per heavy atom. The maximum atomic E-state index is 12.8. The third-order valence-electron chi connectivity index (χ3n) is 5.01. The monoisotopic (exact) mass is 355 g/mol.